The molecular formula is C18H24N2O4. The molecule has 0 unspecified atom stereocenters. The second-order valence-corrected chi connectivity index (χ2v) is 7.20. The van der Waals surface area contributed by atoms with E-state index in [0.29, 0.717) is 24.2 Å². The third kappa shape index (κ3) is 3.13. The molecule has 24 heavy (non-hydrogen) atoms. The zero-order valence-corrected chi connectivity index (χ0v) is 14.5. The number of amides is 2. The van der Waals surface area contributed by atoms with Gasteiger partial charge in [0.2, 0.25) is 11.8 Å². The minimum atomic E-state index is -0.924. The SMILES string of the molecule is CC(=O)Nc1cccc(NC(=O)[C@H]2CC[C@](C)(C(=O)O)C2(C)C)c1. The van der Waals surface area contributed by atoms with Crippen molar-refractivity contribution in [3.63, 3.8) is 0 Å². The summed E-state index contributed by atoms with van der Waals surface area (Å²) >= 11 is 0. The summed E-state index contributed by atoms with van der Waals surface area (Å²) in [5.74, 6) is -1.63. The van der Waals surface area contributed by atoms with Crippen LogP contribution in [-0.4, -0.2) is 22.9 Å². The van der Waals surface area contributed by atoms with Crippen LogP contribution in [0, 0.1) is 16.7 Å². The lowest BCUT2D eigenvalue weighted by atomic mass is 9.65. The lowest BCUT2D eigenvalue weighted by Gasteiger charge is -2.37. The molecule has 130 valence electrons. The van der Waals surface area contributed by atoms with Gasteiger partial charge in [0.15, 0.2) is 0 Å². The first-order valence-electron chi connectivity index (χ1n) is 8.00. The molecule has 2 rings (SSSR count). The highest BCUT2D eigenvalue weighted by Crippen LogP contribution is 2.56. The van der Waals surface area contributed by atoms with E-state index in [4.69, 9.17) is 0 Å². The Morgan fingerprint density at radius 2 is 1.71 bits per heavy atom. The van der Waals surface area contributed by atoms with E-state index in [0.717, 1.165) is 0 Å². The molecular weight excluding hydrogens is 308 g/mol. The van der Waals surface area contributed by atoms with Crippen molar-refractivity contribution in [2.24, 2.45) is 16.7 Å². The maximum Gasteiger partial charge on any atom is 0.309 e. The summed E-state index contributed by atoms with van der Waals surface area (Å²) in [7, 11) is 0. The first-order chi connectivity index (χ1) is 11.1. The third-order valence-electron chi connectivity index (χ3n) is 5.47. The summed E-state index contributed by atoms with van der Waals surface area (Å²) in [5.41, 5.74) is -0.405. The van der Waals surface area contributed by atoms with Crippen LogP contribution in [0.2, 0.25) is 0 Å². The highest BCUT2D eigenvalue weighted by molar-refractivity contribution is 5.95. The molecule has 1 aliphatic carbocycles. The molecule has 2 amide bonds. The van der Waals surface area contributed by atoms with Crippen LogP contribution < -0.4 is 10.6 Å². The molecule has 2 atom stereocenters. The van der Waals surface area contributed by atoms with Crippen LogP contribution in [0.4, 0.5) is 11.4 Å². The molecule has 0 aromatic heterocycles. The topological polar surface area (TPSA) is 95.5 Å². The number of carbonyl (C=O) groups is 3. The van der Waals surface area contributed by atoms with Gasteiger partial charge >= 0.3 is 5.97 Å². The minimum Gasteiger partial charge on any atom is -0.481 e. The number of hydrogen-bond acceptors (Lipinski definition) is 3. The van der Waals surface area contributed by atoms with Gasteiger partial charge in [0.05, 0.1) is 5.41 Å². The van der Waals surface area contributed by atoms with E-state index >= 15 is 0 Å². The highest BCUT2D eigenvalue weighted by Gasteiger charge is 2.58. The van der Waals surface area contributed by atoms with Gasteiger partial charge < -0.3 is 15.7 Å². The molecule has 0 bridgehead atoms. The standard InChI is InChI=1S/C18H24N2O4/c1-11(21)19-12-6-5-7-13(10-12)20-15(22)14-8-9-18(4,16(23)24)17(14,2)3/h5-7,10,14H,8-9H2,1-4H3,(H,19,21)(H,20,22)(H,23,24)/t14-,18-/m1/s1. The number of benzene rings is 1. The molecule has 1 aromatic carbocycles. The molecule has 0 saturated heterocycles. The van der Waals surface area contributed by atoms with Gasteiger partial charge in [-0.25, -0.2) is 0 Å². The summed E-state index contributed by atoms with van der Waals surface area (Å²) in [6.45, 7) is 6.80. The number of carboxylic acids is 1. The number of carboxylic acid groups (broad SMARTS) is 1. The Kier molecular flexibility index (Phi) is 4.69. The number of rotatable bonds is 4. The van der Waals surface area contributed by atoms with Crippen molar-refractivity contribution in [3.8, 4) is 0 Å². The van der Waals surface area contributed by atoms with E-state index in [1.165, 1.54) is 6.92 Å². The summed E-state index contributed by atoms with van der Waals surface area (Å²) < 4.78 is 0. The van der Waals surface area contributed by atoms with E-state index in [1.807, 2.05) is 13.8 Å². The van der Waals surface area contributed by atoms with Crippen molar-refractivity contribution in [2.75, 3.05) is 10.6 Å². The Labute approximate surface area is 141 Å². The Morgan fingerprint density at radius 3 is 2.21 bits per heavy atom. The van der Waals surface area contributed by atoms with Crippen LogP contribution in [-0.2, 0) is 14.4 Å². The number of hydrogen-bond donors (Lipinski definition) is 3. The second kappa shape index (κ2) is 6.26. The lowest BCUT2D eigenvalue weighted by Crippen LogP contribution is -2.43. The molecule has 1 aliphatic rings. The summed E-state index contributed by atoms with van der Waals surface area (Å²) in [6.07, 6.45) is 1.01. The first kappa shape index (κ1) is 18.0. The van der Waals surface area contributed by atoms with Gasteiger partial charge in [-0.05, 0) is 43.4 Å². The summed E-state index contributed by atoms with van der Waals surface area (Å²) in [4.78, 5) is 35.4. The average molecular weight is 332 g/mol. The normalized spacial score (nSPS) is 25.1. The number of carbonyl (C=O) groups excluding carboxylic acids is 2. The maximum atomic E-state index is 12.7. The zero-order valence-electron chi connectivity index (χ0n) is 14.5. The maximum absolute atomic E-state index is 12.7. The third-order valence-corrected chi connectivity index (χ3v) is 5.47. The van der Waals surface area contributed by atoms with Crippen molar-refractivity contribution in [1.82, 2.24) is 0 Å². The van der Waals surface area contributed by atoms with Crippen LogP contribution in [0.25, 0.3) is 0 Å². The quantitative estimate of drug-likeness (QED) is 0.789. The van der Waals surface area contributed by atoms with Gasteiger partial charge in [0.25, 0.3) is 0 Å². The Bertz CT molecular complexity index is 683. The predicted octanol–water partition coefficient (Wildman–Crippen LogP) is 3.11. The summed E-state index contributed by atoms with van der Waals surface area (Å²) in [5, 5.41) is 15.1. The zero-order chi connectivity index (χ0) is 18.1. The van der Waals surface area contributed by atoms with Crippen LogP contribution in [0.5, 0.6) is 0 Å². The molecule has 0 aliphatic heterocycles. The fourth-order valence-corrected chi connectivity index (χ4v) is 3.45. The number of anilines is 2. The van der Waals surface area contributed by atoms with Gasteiger partial charge in [-0.2, -0.15) is 0 Å². The molecule has 1 aromatic rings. The first-order valence-corrected chi connectivity index (χ1v) is 8.00. The summed E-state index contributed by atoms with van der Waals surface area (Å²) in [6, 6.07) is 6.89. The lowest BCUT2D eigenvalue weighted by molar-refractivity contribution is -0.154. The van der Waals surface area contributed by atoms with Crippen molar-refractivity contribution in [3.05, 3.63) is 24.3 Å². The van der Waals surface area contributed by atoms with Gasteiger partial charge in [0.1, 0.15) is 0 Å². The predicted molar refractivity (Wildman–Crippen MR) is 91.6 cm³/mol. The van der Waals surface area contributed by atoms with Crippen LogP contribution in [0.1, 0.15) is 40.5 Å². The molecule has 1 saturated carbocycles. The van der Waals surface area contributed by atoms with Crippen molar-refractivity contribution in [1.29, 1.82) is 0 Å². The largest absolute Gasteiger partial charge is 0.481 e. The fraction of sp³-hybridized carbons (Fsp3) is 0.500. The molecule has 6 heteroatoms. The Hall–Kier alpha value is -2.37. The molecule has 0 radical (unpaired) electrons. The molecule has 0 heterocycles. The Morgan fingerprint density at radius 1 is 1.12 bits per heavy atom. The van der Waals surface area contributed by atoms with Gasteiger partial charge in [-0.15, -0.1) is 0 Å². The van der Waals surface area contributed by atoms with Gasteiger partial charge in [0, 0.05) is 24.2 Å². The van der Waals surface area contributed by atoms with E-state index in [9.17, 15) is 19.5 Å². The van der Waals surface area contributed by atoms with E-state index in [1.54, 1.807) is 31.2 Å². The average Bonchev–Trinajstić information content (AvgIpc) is 2.70. The molecule has 1 fully saturated rings. The van der Waals surface area contributed by atoms with Crippen molar-refractivity contribution >= 4 is 29.2 Å². The fourth-order valence-electron chi connectivity index (χ4n) is 3.45. The monoisotopic (exact) mass is 332 g/mol. The molecule has 6 nitrogen and oxygen atoms in total. The highest BCUT2D eigenvalue weighted by atomic mass is 16.4. The molecule has 0 spiro atoms. The van der Waals surface area contributed by atoms with Crippen LogP contribution >= 0.6 is 0 Å². The minimum absolute atomic E-state index is 0.187. The Balaban J connectivity index is 2.16. The van der Waals surface area contributed by atoms with Crippen molar-refractivity contribution in [2.45, 2.75) is 40.5 Å². The molecule has 3 N–H and O–H groups in total. The van der Waals surface area contributed by atoms with Crippen LogP contribution in [0.3, 0.4) is 0 Å². The second-order valence-electron chi connectivity index (χ2n) is 7.20. The van der Waals surface area contributed by atoms with Crippen LogP contribution in [0.15, 0.2) is 24.3 Å². The smallest absolute Gasteiger partial charge is 0.309 e. The van der Waals surface area contributed by atoms with Gasteiger partial charge in [-0.1, -0.05) is 19.9 Å². The van der Waals surface area contributed by atoms with E-state index in [-0.39, 0.29) is 17.7 Å². The van der Waals surface area contributed by atoms with E-state index < -0.39 is 16.8 Å². The van der Waals surface area contributed by atoms with Crippen molar-refractivity contribution < 1.29 is 19.5 Å². The van der Waals surface area contributed by atoms with Gasteiger partial charge in [-0.3, -0.25) is 14.4 Å². The number of nitrogens with one attached hydrogen (secondary N) is 2. The number of aliphatic carboxylic acids is 1. The van der Waals surface area contributed by atoms with E-state index in [2.05, 4.69) is 10.6 Å².